The Morgan fingerprint density at radius 1 is 1.07 bits per heavy atom. The van der Waals surface area contributed by atoms with E-state index in [0.29, 0.717) is 0 Å². The molecule has 2 aromatic carbocycles. The maximum Gasteiger partial charge on any atom is 0.228 e. The molecule has 0 unspecified atom stereocenters. The second-order valence-electron chi connectivity index (χ2n) is 7.16. The summed E-state index contributed by atoms with van der Waals surface area (Å²) in [6.45, 7) is 4.28. The number of amides is 1. The predicted octanol–water partition coefficient (Wildman–Crippen LogP) is 3.11. The number of para-hydroxylation sites is 1. The quantitative estimate of drug-likeness (QED) is 0.682. The van der Waals surface area contributed by atoms with E-state index in [0.717, 1.165) is 61.6 Å². The van der Waals surface area contributed by atoms with Gasteiger partial charge < -0.3 is 14.2 Å². The Morgan fingerprint density at radius 3 is 2.71 bits per heavy atom. The van der Waals surface area contributed by atoms with Crippen LogP contribution in [0.2, 0.25) is 0 Å². The van der Waals surface area contributed by atoms with E-state index in [-0.39, 0.29) is 12.3 Å². The van der Waals surface area contributed by atoms with Crippen LogP contribution in [0, 0.1) is 0 Å². The van der Waals surface area contributed by atoms with Gasteiger partial charge in [0, 0.05) is 38.1 Å². The molecule has 0 radical (unpaired) electrons. The van der Waals surface area contributed by atoms with Crippen LogP contribution in [0.15, 0.2) is 53.1 Å². The SMILES string of the molecule is COc1ccc(CN2CCCN(C(=O)Cc3noc4ccccc34)CC2)cc1. The van der Waals surface area contributed by atoms with Gasteiger partial charge in [0.25, 0.3) is 0 Å². The summed E-state index contributed by atoms with van der Waals surface area (Å²) in [6, 6.07) is 15.9. The zero-order valence-electron chi connectivity index (χ0n) is 16.1. The van der Waals surface area contributed by atoms with E-state index in [9.17, 15) is 4.79 Å². The standard InChI is InChI=1S/C22H25N3O3/c1-27-18-9-7-17(8-10-18)16-24-11-4-12-25(14-13-24)22(26)15-20-19-5-2-3-6-21(19)28-23-20/h2-3,5-10H,4,11-16H2,1H3. The van der Waals surface area contributed by atoms with Crippen LogP contribution in [0.5, 0.6) is 5.75 Å². The fourth-order valence-electron chi connectivity index (χ4n) is 3.69. The molecule has 0 saturated carbocycles. The molecule has 6 nitrogen and oxygen atoms in total. The first kappa shape index (κ1) is 18.5. The maximum absolute atomic E-state index is 12.8. The number of ether oxygens (including phenoxy) is 1. The number of hydrogen-bond donors (Lipinski definition) is 0. The topological polar surface area (TPSA) is 58.8 Å². The summed E-state index contributed by atoms with van der Waals surface area (Å²) < 4.78 is 10.5. The lowest BCUT2D eigenvalue weighted by Crippen LogP contribution is -2.36. The lowest BCUT2D eigenvalue weighted by molar-refractivity contribution is -0.130. The molecule has 0 bridgehead atoms. The lowest BCUT2D eigenvalue weighted by Gasteiger charge is -2.22. The molecule has 1 aliphatic rings. The van der Waals surface area contributed by atoms with Crippen molar-refractivity contribution in [1.29, 1.82) is 0 Å². The Morgan fingerprint density at radius 2 is 1.89 bits per heavy atom. The Bertz CT molecular complexity index is 936. The molecule has 0 atom stereocenters. The summed E-state index contributed by atoms with van der Waals surface area (Å²) >= 11 is 0. The third-order valence-corrected chi connectivity index (χ3v) is 5.28. The van der Waals surface area contributed by atoms with Crippen molar-refractivity contribution in [3.8, 4) is 5.75 Å². The number of fused-ring (bicyclic) bond motifs is 1. The summed E-state index contributed by atoms with van der Waals surface area (Å²) in [5.41, 5.74) is 2.71. The third-order valence-electron chi connectivity index (χ3n) is 5.28. The summed E-state index contributed by atoms with van der Waals surface area (Å²) in [5, 5.41) is 5.02. The van der Waals surface area contributed by atoms with Crippen LogP contribution in [0.1, 0.15) is 17.7 Å². The number of hydrogen-bond acceptors (Lipinski definition) is 5. The Hall–Kier alpha value is -2.86. The highest BCUT2D eigenvalue weighted by Crippen LogP contribution is 2.19. The number of methoxy groups -OCH3 is 1. The smallest absolute Gasteiger partial charge is 0.228 e. The molecule has 0 aliphatic carbocycles. The second kappa shape index (κ2) is 8.44. The van der Waals surface area contributed by atoms with E-state index < -0.39 is 0 Å². The van der Waals surface area contributed by atoms with Gasteiger partial charge in [-0.1, -0.05) is 29.4 Å². The van der Waals surface area contributed by atoms with Crippen molar-refractivity contribution in [1.82, 2.24) is 15.0 Å². The van der Waals surface area contributed by atoms with E-state index in [1.165, 1.54) is 5.56 Å². The van der Waals surface area contributed by atoms with Crippen LogP contribution in [-0.4, -0.2) is 54.2 Å². The molecule has 6 heteroatoms. The summed E-state index contributed by atoms with van der Waals surface area (Å²) in [4.78, 5) is 17.2. The molecular weight excluding hydrogens is 354 g/mol. The number of benzene rings is 2. The first-order valence-corrected chi connectivity index (χ1v) is 9.69. The average molecular weight is 379 g/mol. The second-order valence-corrected chi connectivity index (χ2v) is 7.16. The van der Waals surface area contributed by atoms with Gasteiger partial charge in [-0.05, 0) is 36.2 Å². The van der Waals surface area contributed by atoms with Crippen molar-refractivity contribution in [2.75, 3.05) is 33.3 Å². The molecular formula is C22H25N3O3. The Kier molecular flexibility index (Phi) is 5.58. The minimum Gasteiger partial charge on any atom is -0.497 e. The first-order valence-electron chi connectivity index (χ1n) is 9.69. The van der Waals surface area contributed by atoms with Gasteiger partial charge in [0.15, 0.2) is 5.58 Å². The van der Waals surface area contributed by atoms with E-state index in [1.54, 1.807) is 7.11 Å². The van der Waals surface area contributed by atoms with Crippen LogP contribution in [0.25, 0.3) is 11.0 Å². The fourth-order valence-corrected chi connectivity index (χ4v) is 3.69. The van der Waals surface area contributed by atoms with E-state index in [2.05, 4.69) is 22.2 Å². The molecule has 2 heterocycles. The monoisotopic (exact) mass is 379 g/mol. The number of carbonyl (C=O) groups excluding carboxylic acids is 1. The van der Waals surface area contributed by atoms with E-state index in [4.69, 9.17) is 9.26 Å². The van der Waals surface area contributed by atoms with Crippen LogP contribution in [-0.2, 0) is 17.8 Å². The number of carbonyl (C=O) groups is 1. The van der Waals surface area contributed by atoms with Gasteiger partial charge in [-0.3, -0.25) is 9.69 Å². The molecule has 1 amide bonds. The predicted molar refractivity (Wildman–Crippen MR) is 107 cm³/mol. The van der Waals surface area contributed by atoms with Crippen molar-refractivity contribution >= 4 is 16.9 Å². The highest BCUT2D eigenvalue weighted by Gasteiger charge is 2.21. The zero-order chi connectivity index (χ0) is 19.3. The lowest BCUT2D eigenvalue weighted by atomic mass is 10.1. The van der Waals surface area contributed by atoms with Gasteiger partial charge in [0.05, 0.1) is 13.5 Å². The van der Waals surface area contributed by atoms with Crippen molar-refractivity contribution in [2.45, 2.75) is 19.4 Å². The van der Waals surface area contributed by atoms with E-state index >= 15 is 0 Å². The zero-order valence-corrected chi connectivity index (χ0v) is 16.1. The van der Waals surface area contributed by atoms with Crippen LogP contribution in [0.3, 0.4) is 0 Å². The van der Waals surface area contributed by atoms with Crippen molar-refractivity contribution < 1.29 is 14.1 Å². The number of aromatic nitrogens is 1. The molecule has 146 valence electrons. The number of rotatable bonds is 5. The first-order chi connectivity index (χ1) is 13.7. The van der Waals surface area contributed by atoms with Gasteiger partial charge in [0.2, 0.25) is 5.91 Å². The van der Waals surface area contributed by atoms with Gasteiger partial charge in [-0.15, -0.1) is 0 Å². The molecule has 3 aromatic rings. The summed E-state index contributed by atoms with van der Waals surface area (Å²) in [6.07, 6.45) is 1.26. The van der Waals surface area contributed by atoms with Crippen LogP contribution >= 0.6 is 0 Å². The molecule has 0 N–H and O–H groups in total. The van der Waals surface area contributed by atoms with Gasteiger partial charge in [-0.25, -0.2) is 0 Å². The molecule has 1 saturated heterocycles. The maximum atomic E-state index is 12.8. The minimum absolute atomic E-state index is 0.116. The van der Waals surface area contributed by atoms with Crippen molar-refractivity contribution in [3.63, 3.8) is 0 Å². The van der Waals surface area contributed by atoms with Crippen molar-refractivity contribution in [3.05, 3.63) is 59.8 Å². The highest BCUT2D eigenvalue weighted by molar-refractivity contribution is 5.86. The minimum atomic E-state index is 0.116. The molecule has 1 fully saturated rings. The van der Waals surface area contributed by atoms with E-state index in [1.807, 2.05) is 41.3 Å². The number of nitrogens with zero attached hydrogens (tertiary/aromatic N) is 3. The fraction of sp³-hybridized carbons (Fsp3) is 0.364. The third kappa shape index (κ3) is 4.17. The molecule has 28 heavy (non-hydrogen) atoms. The van der Waals surface area contributed by atoms with Gasteiger partial charge in [-0.2, -0.15) is 0 Å². The largest absolute Gasteiger partial charge is 0.497 e. The molecule has 1 aliphatic heterocycles. The molecule has 0 spiro atoms. The average Bonchev–Trinajstić information content (AvgIpc) is 2.98. The van der Waals surface area contributed by atoms with Gasteiger partial charge >= 0.3 is 0 Å². The highest BCUT2D eigenvalue weighted by atomic mass is 16.5. The molecule has 1 aromatic heterocycles. The summed E-state index contributed by atoms with van der Waals surface area (Å²) in [5.74, 6) is 0.988. The normalized spacial score (nSPS) is 15.5. The van der Waals surface area contributed by atoms with Crippen LogP contribution in [0.4, 0.5) is 0 Å². The van der Waals surface area contributed by atoms with Crippen LogP contribution < -0.4 is 4.74 Å². The Balaban J connectivity index is 1.34. The molecule has 4 rings (SSSR count). The summed E-state index contributed by atoms with van der Waals surface area (Å²) in [7, 11) is 1.68. The van der Waals surface area contributed by atoms with Crippen molar-refractivity contribution in [2.24, 2.45) is 0 Å². The Labute approximate surface area is 164 Å². The van der Waals surface area contributed by atoms with Gasteiger partial charge in [0.1, 0.15) is 11.4 Å².